The lowest BCUT2D eigenvalue weighted by molar-refractivity contribution is -0.118. The van der Waals surface area contributed by atoms with Gasteiger partial charge >= 0.3 is 0 Å². The maximum Gasteiger partial charge on any atom is 0.229 e. The van der Waals surface area contributed by atoms with Gasteiger partial charge in [0.15, 0.2) is 15.0 Å². The molecule has 3 aromatic rings. The van der Waals surface area contributed by atoms with Crippen LogP contribution >= 0.6 is 22.9 Å². The zero-order valence-corrected chi connectivity index (χ0v) is 20.4. The zero-order chi connectivity index (χ0) is 22.8. The molecule has 31 heavy (non-hydrogen) atoms. The highest BCUT2D eigenvalue weighted by Gasteiger charge is 2.24. The van der Waals surface area contributed by atoms with Crippen LogP contribution in [0.4, 0.5) is 5.13 Å². The largest absolute Gasteiger partial charge is 0.308 e. The minimum atomic E-state index is -3.55. The number of thiazole rings is 1. The first-order valence-electron chi connectivity index (χ1n) is 9.88. The van der Waals surface area contributed by atoms with Crippen molar-refractivity contribution in [2.45, 2.75) is 25.2 Å². The van der Waals surface area contributed by atoms with E-state index in [-0.39, 0.29) is 23.0 Å². The fourth-order valence-electron chi connectivity index (χ4n) is 3.05. The highest BCUT2D eigenvalue weighted by atomic mass is 35.5. The molecule has 0 unspecified atom stereocenters. The minimum Gasteiger partial charge on any atom is -0.308 e. The summed E-state index contributed by atoms with van der Waals surface area (Å²) in [4.78, 5) is 21.5. The predicted molar refractivity (Wildman–Crippen MR) is 128 cm³/mol. The number of hydrogen-bond acceptors (Lipinski definition) is 6. The molecule has 166 valence electrons. The van der Waals surface area contributed by atoms with Gasteiger partial charge in [-0.2, -0.15) is 0 Å². The Labute approximate surface area is 192 Å². The Kier molecular flexibility index (Phi) is 7.36. The average Bonchev–Trinajstić information content (AvgIpc) is 3.16. The smallest absolute Gasteiger partial charge is 0.229 e. The molecule has 1 heterocycles. The van der Waals surface area contributed by atoms with Crippen molar-refractivity contribution in [3.05, 3.63) is 52.5 Å². The lowest BCUT2D eigenvalue weighted by Crippen LogP contribution is -2.37. The van der Waals surface area contributed by atoms with Crippen molar-refractivity contribution in [1.82, 2.24) is 9.88 Å². The molecule has 0 saturated heterocycles. The molecular formula is C22H26ClN3O3S2. The lowest BCUT2D eigenvalue weighted by atomic mass is 10.2. The van der Waals surface area contributed by atoms with E-state index in [2.05, 4.69) is 4.98 Å². The monoisotopic (exact) mass is 479 g/mol. The average molecular weight is 480 g/mol. The van der Waals surface area contributed by atoms with Crippen LogP contribution in [0.1, 0.15) is 17.5 Å². The number of nitrogens with zero attached hydrogens (tertiary/aromatic N) is 3. The van der Waals surface area contributed by atoms with E-state index in [1.807, 2.05) is 45.0 Å². The van der Waals surface area contributed by atoms with E-state index in [0.29, 0.717) is 23.2 Å². The summed E-state index contributed by atoms with van der Waals surface area (Å²) < 4.78 is 26.2. The molecular weight excluding hydrogens is 454 g/mol. The Bertz CT molecular complexity index is 1150. The van der Waals surface area contributed by atoms with Crippen LogP contribution in [0.15, 0.2) is 41.3 Å². The maximum atomic E-state index is 13.1. The van der Waals surface area contributed by atoms with Crippen LogP contribution in [-0.4, -0.2) is 57.1 Å². The number of benzene rings is 2. The van der Waals surface area contributed by atoms with Crippen molar-refractivity contribution in [2.75, 3.05) is 37.8 Å². The topological polar surface area (TPSA) is 70.6 Å². The molecule has 6 nitrogen and oxygen atoms in total. The molecule has 0 N–H and O–H groups in total. The number of sulfone groups is 1. The van der Waals surface area contributed by atoms with Gasteiger partial charge < -0.3 is 4.90 Å². The summed E-state index contributed by atoms with van der Waals surface area (Å²) in [5, 5.41) is 1.12. The number of hydrogen-bond donors (Lipinski definition) is 0. The molecule has 0 aliphatic carbocycles. The molecule has 1 aromatic heterocycles. The van der Waals surface area contributed by atoms with Gasteiger partial charge in [0.05, 0.1) is 25.9 Å². The molecule has 0 saturated carbocycles. The second kappa shape index (κ2) is 9.65. The van der Waals surface area contributed by atoms with E-state index >= 15 is 0 Å². The Morgan fingerprint density at radius 3 is 2.35 bits per heavy atom. The molecule has 1 amide bonds. The number of aryl methyl sites for hydroxylation is 2. The van der Waals surface area contributed by atoms with Crippen LogP contribution in [0.5, 0.6) is 0 Å². The van der Waals surface area contributed by atoms with Crippen molar-refractivity contribution < 1.29 is 13.2 Å². The van der Waals surface area contributed by atoms with Crippen molar-refractivity contribution in [3.8, 4) is 0 Å². The first kappa shape index (κ1) is 23.7. The van der Waals surface area contributed by atoms with Crippen LogP contribution in [0.3, 0.4) is 0 Å². The predicted octanol–water partition coefficient (Wildman–Crippen LogP) is 4.33. The van der Waals surface area contributed by atoms with Gasteiger partial charge in [-0.05, 0) is 51.7 Å². The standard InChI is InChI=1S/C22H26ClN3O3S2/c1-15-5-8-17(9-6-15)31(28,29)14-11-19(27)26(13-12-25(3)4)22-24-20-16(2)7-10-18(23)21(20)30-22/h5-10H,11-14H2,1-4H3. The van der Waals surface area contributed by atoms with Crippen molar-refractivity contribution >= 4 is 54.0 Å². The third-order valence-electron chi connectivity index (χ3n) is 4.95. The molecule has 0 radical (unpaired) electrons. The van der Waals surface area contributed by atoms with Gasteiger partial charge in [0.25, 0.3) is 0 Å². The molecule has 0 atom stereocenters. The molecule has 0 bridgehead atoms. The quantitative estimate of drug-likeness (QED) is 0.481. The highest BCUT2D eigenvalue weighted by molar-refractivity contribution is 7.91. The molecule has 0 aliphatic rings. The van der Waals surface area contributed by atoms with E-state index in [1.54, 1.807) is 29.2 Å². The van der Waals surface area contributed by atoms with Crippen molar-refractivity contribution in [1.29, 1.82) is 0 Å². The number of anilines is 1. The van der Waals surface area contributed by atoms with Gasteiger partial charge in [0.2, 0.25) is 5.91 Å². The number of aromatic nitrogens is 1. The highest BCUT2D eigenvalue weighted by Crippen LogP contribution is 2.35. The number of likely N-dealkylation sites (N-methyl/N-ethyl adjacent to an activating group) is 1. The lowest BCUT2D eigenvalue weighted by Gasteiger charge is -2.22. The van der Waals surface area contributed by atoms with Gasteiger partial charge in [-0.3, -0.25) is 9.69 Å². The third kappa shape index (κ3) is 5.63. The minimum absolute atomic E-state index is 0.119. The van der Waals surface area contributed by atoms with Crippen LogP contribution in [0.25, 0.3) is 10.2 Å². The number of halogens is 1. The SMILES string of the molecule is Cc1ccc(S(=O)(=O)CCC(=O)N(CCN(C)C)c2nc3c(C)ccc(Cl)c3s2)cc1. The number of amides is 1. The number of carbonyl (C=O) groups is 1. The van der Waals surface area contributed by atoms with E-state index in [4.69, 9.17) is 11.6 Å². The Morgan fingerprint density at radius 1 is 1.06 bits per heavy atom. The van der Waals surface area contributed by atoms with Gasteiger partial charge in [-0.25, -0.2) is 13.4 Å². The number of fused-ring (bicyclic) bond motifs is 1. The number of rotatable bonds is 8. The summed E-state index contributed by atoms with van der Waals surface area (Å²) in [6, 6.07) is 10.4. The second-order valence-corrected chi connectivity index (χ2v) is 11.3. The first-order chi connectivity index (χ1) is 14.6. The fourth-order valence-corrected chi connectivity index (χ4v) is 5.64. The van der Waals surface area contributed by atoms with Crippen molar-refractivity contribution in [3.63, 3.8) is 0 Å². The normalized spacial score (nSPS) is 11.9. The van der Waals surface area contributed by atoms with Gasteiger partial charge in [-0.1, -0.05) is 46.7 Å². The van der Waals surface area contributed by atoms with Crippen LogP contribution in [-0.2, 0) is 14.6 Å². The summed E-state index contributed by atoms with van der Waals surface area (Å²) in [5.41, 5.74) is 2.72. The van der Waals surface area contributed by atoms with E-state index < -0.39 is 9.84 Å². The Hall–Kier alpha value is -2.00. The summed E-state index contributed by atoms with van der Waals surface area (Å²) in [7, 11) is 0.288. The van der Waals surface area contributed by atoms with E-state index in [1.165, 1.54) is 11.3 Å². The van der Waals surface area contributed by atoms with Gasteiger partial charge in [0.1, 0.15) is 0 Å². The summed E-state index contributed by atoms with van der Waals surface area (Å²) >= 11 is 7.69. The van der Waals surface area contributed by atoms with Crippen LogP contribution < -0.4 is 4.90 Å². The number of carbonyl (C=O) groups excluding carboxylic acids is 1. The maximum absolute atomic E-state index is 13.1. The Balaban J connectivity index is 1.85. The molecule has 3 rings (SSSR count). The summed E-state index contributed by atoms with van der Waals surface area (Å²) in [5.74, 6) is -0.525. The first-order valence-corrected chi connectivity index (χ1v) is 12.7. The summed E-state index contributed by atoms with van der Waals surface area (Å²) in [6.07, 6.45) is -0.119. The fraction of sp³-hybridized carbons (Fsp3) is 0.364. The van der Waals surface area contributed by atoms with Crippen LogP contribution in [0, 0.1) is 13.8 Å². The van der Waals surface area contributed by atoms with Crippen molar-refractivity contribution in [2.24, 2.45) is 0 Å². The summed E-state index contributed by atoms with van der Waals surface area (Å²) in [6.45, 7) is 4.88. The second-order valence-electron chi connectivity index (χ2n) is 7.77. The molecule has 0 fully saturated rings. The van der Waals surface area contributed by atoms with E-state index in [0.717, 1.165) is 21.3 Å². The van der Waals surface area contributed by atoms with Crippen LogP contribution in [0.2, 0.25) is 5.02 Å². The Morgan fingerprint density at radius 2 is 1.74 bits per heavy atom. The van der Waals surface area contributed by atoms with Gasteiger partial charge in [0, 0.05) is 19.5 Å². The third-order valence-corrected chi connectivity index (χ3v) is 8.22. The van der Waals surface area contributed by atoms with Gasteiger partial charge in [-0.15, -0.1) is 0 Å². The zero-order valence-electron chi connectivity index (χ0n) is 18.1. The molecule has 2 aromatic carbocycles. The molecule has 9 heteroatoms. The molecule has 0 spiro atoms. The van der Waals surface area contributed by atoms with E-state index in [9.17, 15) is 13.2 Å². The molecule has 0 aliphatic heterocycles.